The molecule has 0 atom stereocenters. The molecular weight excluding hydrogens is 260 g/mol. The molecule has 3 nitrogen and oxygen atoms in total. The molecule has 0 N–H and O–H groups in total. The average Bonchev–Trinajstić information content (AvgIpc) is 2.38. The van der Waals surface area contributed by atoms with E-state index in [4.69, 9.17) is 26.9 Å². The molecule has 19 heavy (non-hydrogen) atoms. The highest BCUT2D eigenvalue weighted by Gasteiger charge is 2.15. The van der Waals surface area contributed by atoms with Crippen LogP contribution in [0.15, 0.2) is 18.2 Å². The molecule has 1 rings (SSSR count). The highest BCUT2D eigenvalue weighted by molar-refractivity contribution is 6.30. The summed E-state index contributed by atoms with van der Waals surface area (Å²) in [7, 11) is 0. The zero-order valence-corrected chi connectivity index (χ0v) is 12.0. The average molecular weight is 277 g/mol. The molecule has 0 aliphatic rings. The minimum atomic E-state index is -0.284. The molecule has 0 spiro atoms. The molecule has 0 saturated carbocycles. The Hall–Kier alpha value is -1.71. The Morgan fingerprint density at radius 3 is 2.63 bits per heavy atom. The number of nitrogens with zero attached hydrogens (tertiary/aromatic N) is 2. The van der Waals surface area contributed by atoms with E-state index < -0.39 is 0 Å². The van der Waals surface area contributed by atoms with Crippen molar-refractivity contribution in [2.75, 3.05) is 6.61 Å². The van der Waals surface area contributed by atoms with Crippen molar-refractivity contribution < 1.29 is 4.74 Å². The van der Waals surface area contributed by atoms with Gasteiger partial charge in [-0.2, -0.15) is 10.5 Å². The lowest BCUT2D eigenvalue weighted by atomic mass is 9.89. The summed E-state index contributed by atoms with van der Waals surface area (Å²) in [5, 5.41) is 18.4. The third kappa shape index (κ3) is 5.20. The maximum Gasteiger partial charge on any atom is 0.138 e. The summed E-state index contributed by atoms with van der Waals surface area (Å²) < 4.78 is 5.57. The Kier molecular flexibility index (Phi) is 5.67. The van der Waals surface area contributed by atoms with Gasteiger partial charge in [-0.05, 0) is 45.2 Å². The van der Waals surface area contributed by atoms with Crippen LogP contribution in [0.2, 0.25) is 5.02 Å². The number of benzene rings is 1. The van der Waals surface area contributed by atoms with Crippen LogP contribution in [0, 0.1) is 28.1 Å². The van der Waals surface area contributed by atoms with Crippen LogP contribution in [0.4, 0.5) is 0 Å². The normalized spacial score (nSPS) is 10.6. The van der Waals surface area contributed by atoms with E-state index in [1.54, 1.807) is 18.2 Å². The lowest BCUT2D eigenvalue weighted by molar-refractivity contribution is 0.294. The van der Waals surface area contributed by atoms with Gasteiger partial charge in [0, 0.05) is 11.1 Å². The first-order valence-corrected chi connectivity index (χ1v) is 6.60. The highest BCUT2D eigenvalue weighted by Crippen LogP contribution is 2.24. The molecule has 0 unspecified atom stereocenters. The number of ether oxygens (including phenoxy) is 1. The van der Waals surface area contributed by atoms with Crippen molar-refractivity contribution in [1.29, 1.82) is 10.5 Å². The molecular formula is C15H17ClN2O. The summed E-state index contributed by atoms with van der Waals surface area (Å²) in [6.45, 7) is 4.38. The maximum absolute atomic E-state index is 8.94. The maximum atomic E-state index is 8.94. The predicted molar refractivity (Wildman–Crippen MR) is 74.9 cm³/mol. The minimum Gasteiger partial charge on any atom is -0.492 e. The fraction of sp³-hybridized carbons (Fsp3) is 0.467. The number of hydrogen-bond acceptors (Lipinski definition) is 3. The van der Waals surface area contributed by atoms with Crippen LogP contribution in [-0.2, 0) is 0 Å². The number of halogens is 1. The molecule has 100 valence electrons. The molecule has 1 aromatic rings. The predicted octanol–water partition coefficient (Wildman–Crippen LogP) is 4.31. The van der Waals surface area contributed by atoms with Crippen molar-refractivity contribution in [3.05, 3.63) is 28.8 Å². The molecule has 0 saturated heterocycles. The van der Waals surface area contributed by atoms with Gasteiger partial charge in [-0.3, -0.25) is 0 Å². The third-order valence-electron chi connectivity index (χ3n) is 2.82. The van der Waals surface area contributed by atoms with Gasteiger partial charge < -0.3 is 4.74 Å². The van der Waals surface area contributed by atoms with Crippen molar-refractivity contribution in [2.45, 2.75) is 33.1 Å². The second-order valence-corrected chi connectivity index (χ2v) is 5.49. The molecule has 0 aliphatic carbocycles. The van der Waals surface area contributed by atoms with Gasteiger partial charge in [0.15, 0.2) is 0 Å². The van der Waals surface area contributed by atoms with Crippen LogP contribution in [0.5, 0.6) is 5.75 Å². The van der Waals surface area contributed by atoms with Crippen LogP contribution in [0.1, 0.15) is 38.7 Å². The van der Waals surface area contributed by atoms with Crippen LogP contribution < -0.4 is 4.74 Å². The largest absolute Gasteiger partial charge is 0.492 e. The van der Waals surface area contributed by atoms with Gasteiger partial charge in [0.2, 0.25) is 0 Å². The molecule has 0 fully saturated rings. The monoisotopic (exact) mass is 276 g/mol. The SMILES string of the molecule is CC(C)(C#N)CCCCOc1cc(Cl)ccc1C#N. The first kappa shape index (κ1) is 15.3. The summed E-state index contributed by atoms with van der Waals surface area (Å²) in [4.78, 5) is 0. The van der Waals surface area contributed by atoms with Gasteiger partial charge in [0.25, 0.3) is 0 Å². The Balaban J connectivity index is 2.41. The van der Waals surface area contributed by atoms with Crippen LogP contribution in [-0.4, -0.2) is 6.61 Å². The summed E-state index contributed by atoms with van der Waals surface area (Å²) in [6, 6.07) is 9.32. The van der Waals surface area contributed by atoms with Crippen LogP contribution >= 0.6 is 11.6 Å². The first-order valence-electron chi connectivity index (χ1n) is 6.22. The summed E-state index contributed by atoms with van der Waals surface area (Å²) >= 11 is 5.87. The van der Waals surface area contributed by atoms with Crippen LogP contribution in [0.25, 0.3) is 0 Å². The number of rotatable bonds is 6. The van der Waals surface area contributed by atoms with Crippen molar-refractivity contribution in [3.63, 3.8) is 0 Å². The zero-order chi connectivity index (χ0) is 14.3. The van der Waals surface area contributed by atoms with E-state index in [-0.39, 0.29) is 5.41 Å². The summed E-state index contributed by atoms with van der Waals surface area (Å²) in [6.07, 6.45) is 2.61. The smallest absolute Gasteiger partial charge is 0.138 e. The molecule has 0 aromatic heterocycles. The van der Waals surface area contributed by atoms with Gasteiger partial charge in [-0.25, -0.2) is 0 Å². The molecule has 0 bridgehead atoms. The quantitative estimate of drug-likeness (QED) is 0.728. The second-order valence-electron chi connectivity index (χ2n) is 5.05. The number of hydrogen-bond donors (Lipinski definition) is 0. The van der Waals surface area contributed by atoms with Crippen molar-refractivity contribution in [2.24, 2.45) is 5.41 Å². The molecule has 4 heteroatoms. The molecule has 1 aromatic carbocycles. The second kappa shape index (κ2) is 7.02. The Morgan fingerprint density at radius 1 is 1.26 bits per heavy atom. The van der Waals surface area contributed by atoms with Crippen molar-refractivity contribution >= 4 is 11.6 Å². The molecule has 0 aliphatic heterocycles. The topological polar surface area (TPSA) is 56.8 Å². The van der Waals surface area contributed by atoms with E-state index in [1.807, 2.05) is 13.8 Å². The molecule has 0 heterocycles. The Labute approximate surface area is 119 Å². The third-order valence-corrected chi connectivity index (χ3v) is 3.06. The van der Waals surface area contributed by atoms with E-state index >= 15 is 0 Å². The Bertz CT molecular complexity index is 512. The van der Waals surface area contributed by atoms with Crippen molar-refractivity contribution in [1.82, 2.24) is 0 Å². The van der Waals surface area contributed by atoms with Gasteiger partial charge >= 0.3 is 0 Å². The molecule has 0 amide bonds. The van der Waals surface area contributed by atoms with E-state index in [1.165, 1.54) is 0 Å². The van der Waals surface area contributed by atoms with E-state index in [0.717, 1.165) is 19.3 Å². The van der Waals surface area contributed by atoms with E-state index in [9.17, 15) is 0 Å². The van der Waals surface area contributed by atoms with Crippen molar-refractivity contribution in [3.8, 4) is 17.9 Å². The minimum absolute atomic E-state index is 0.284. The zero-order valence-electron chi connectivity index (χ0n) is 11.2. The summed E-state index contributed by atoms with van der Waals surface area (Å²) in [5.74, 6) is 0.523. The van der Waals surface area contributed by atoms with Crippen LogP contribution in [0.3, 0.4) is 0 Å². The van der Waals surface area contributed by atoms with Gasteiger partial charge in [0.1, 0.15) is 11.8 Å². The Morgan fingerprint density at radius 2 is 2.00 bits per heavy atom. The van der Waals surface area contributed by atoms with E-state index in [2.05, 4.69) is 12.1 Å². The highest BCUT2D eigenvalue weighted by atomic mass is 35.5. The van der Waals surface area contributed by atoms with Gasteiger partial charge in [0.05, 0.1) is 23.7 Å². The lowest BCUT2D eigenvalue weighted by Crippen LogP contribution is -2.08. The first-order chi connectivity index (χ1) is 8.98. The molecule has 0 radical (unpaired) electrons. The summed E-state index contributed by atoms with van der Waals surface area (Å²) in [5.41, 5.74) is 0.204. The van der Waals surface area contributed by atoms with Gasteiger partial charge in [-0.1, -0.05) is 11.6 Å². The fourth-order valence-electron chi connectivity index (χ4n) is 1.61. The number of unbranched alkanes of at least 4 members (excludes halogenated alkanes) is 1. The fourth-order valence-corrected chi connectivity index (χ4v) is 1.78. The number of nitriles is 2. The standard InChI is InChI=1S/C15H17ClN2O/c1-15(2,11-18)7-3-4-8-19-14-9-13(16)6-5-12(14)10-17/h5-6,9H,3-4,7-8H2,1-2H3. The van der Waals surface area contributed by atoms with E-state index in [0.29, 0.717) is 22.9 Å². The lowest BCUT2D eigenvalue weighted by Gasteiger charge is -2.14. The van der Waals surface area contributed by atoms with Gasteiger partial charge in [-0.15, -0.1) is 0 Å².